The third kappa shape index (κ3) is 3.78. The predicted molar refractivity (Wildman–Crippen MR) is 85.7 cm³/mol. The van der Waals surface area contributed by atoms with Gasteiger partial charge in [0.25, 0.3) is 0 Å². The minimum atomic E-state index is -0.0972. The molecule has 1 amide bonds. The molecule has 0 spiro atoms. The van der Waals surface area contributed by atoms with E-state index in [1.54, 1.807) is 0 Å². The molecule has 3 atom stereocenters. The van der Waals surface area contributed by atoms with Gasteiger partial charge in [-0.1, -0.05) is 50.6 Å². The Morgan fingerprint density at radius 3 is 2.76 bits per heavy atom. The summed E-state index contributed by atoms with van der Waals surface area (Å²) in [6, 6.07) is 10.1. The van der Waals surface area contributed by atoms with E-state index in [4.69, 9.17) is 16.3 Å². The Kier molecular flexibility index (Phi) is 6.07. The van der Waals surface area contributed by atoms with Gasteiger partial charge in [0.15, 0.2) is 0 Å². The van der Waals surface area contributed by atoms with E-state index in [0.717, 1.165) is 12.0 Å². The third-order valence-corrected chi connectivity index (χ3v) is 4.68. The Morgan fingerprint density at radius 2 is 2.14 bits per heavy atom. The molecule has 1 aromatic rings. The summed E-state index contributed by atoms with van der Waals surface area (Å²) in [5.41, 5.74) is 1.09. The van der Waals surface area contributed by atoms with Gasteiger partial charge in [0, 0.05) is 12.4 Å². The zero-order chi connectivity index (χ0) is 15.2. The molecule has 116 valence electrons. The van der Waals surface area contributed by atoms with Crippen LogP contribution in [0.3, 0.4) is 0 Å². The first-order chi connectivity index (χ1) is 10.2. The number of carbonyl (C=O) groups is 1. The molecule has 3 unspecified atom stereocenters. The van der Waals surface area contributed by atoms with Gasteiger partial charge in [0.05, 0.1) is 25.2 Å². The highest BCUT2D eigenvalue weighted by Crippen LogP contribution is 2.30. The Hall–Kier alpha value is -1.06. The number of nitrogens with zero attached hydrogens (tertiary/aromatic N) is 1. The SMILES string of the molecule is CCC(C)C(C(=O)N1CCOCC1CCl)c1ccccc1. The van der Waals surface area contributed by atoms with Gasteiger partial charge in [-0.3, -0.25) is 4.79 Å². The van der Waals surface area contributed by atoms with Crippen molar-refractivity contribution >= 4 is 17.5 Å². The van der Waals surface area contributed by atoms with Gasteiger partial charge in [0.1, 0.15) is 0 Å². The van der Waals surface area contributed by atoms with Crippen LogP contribution in [0, 0.1) is 5.92 Å². The summed E-state index contributed by atoms with van der Waals surface area (Å²) in [6.45, 7) is 6.05. The van der Waals surface area contributed by atoms with Gasteiger partial charge in [-0.2, -0.15) is 0 Å². The van der Waals surface area contributed by atoms with Crippen LogP contribution >= 0.6 is 11.6 Å². The zero-order valence-electron chi connectivity index (χ0n) is 12.8. The van der Waals surface area contributed by atoms with Crippen LogP contribution in [0.2, 0.25) is 0 Å². The number of hydrogen-bond donors (Lipinski definition) is 0. The number of benzene rings is 1. The minimum Gasteiger partial charge on any atom is -0.377 e. The Labute approximate surface area is 132 Å². The zero-order valence-corrected chi connectivity index (χ0v) is 13.6. The lowest BCUT2D eigenvalue weighted by Crippen LogP contribution is -2.51. The molecule has 1 aromatic carbocycles. The fraction of sp³-hybridized carbons (Fsp3) is 0.588. The Morgan fingerprint density at radius 1 is 1.43 bits per heavy atom. The van der Waals surface area contributed by atoms with Gasteiger partial charge in [-0.25, -0.2) is 0 Å². The average Bonchev–Trinajstić information content (AvgIpc) is 2.55. The molecule has 2 rings (SSSR count). The second-order valence-corrected chi connectivity index (χ2v) is 6.00. The van der Waals surface area contributed by atoms with Crippen LogP contribution in [-0.4, -0.2) is 42.5 Å². The van der Waals surface area contributed by atoms with Crippen molar-refractivity contribution in [3.63, 3.8) is 0 Å². The molecule has 0 bridgehead atoms. The highest BCUT2D eigenvalue weighted by molar-refractivity contribution is 6.18. The molecule has 0 aromatic heterocycles. The van der Waals surface area contributed by atoms with Crippen LogP contribution in [0.5, 0.6) is 0 Å². The summed E-state index contributed by atoms with van der Waals surface area (Å²) in [7, 11) is 0. The van der Waals surface area contributed by atoms with Crippen LogP contribution in [0.25, 0.3) is 0 Å². The highest BCUT2D eigenvalue weighted by atomic mass is 35.5. The third-order valence-electron chi connectivity index (χ3n) is 4.33. The van der Waals surface area contributed by atoms with E-state index in [2.05, 4.69) is 13.8 Å². The lowest BCUT2D eigenvalue weighted by atomic mass is 9.84. The van der Waals surface area contributed by atoms with Crippen molar-refractivity contribution < 1.29 is 9.53 Å². The highest BCUT2D eigenvalue weighted by Gasteiger charge is 2.34. The number of hydrogen-bond acceptors (Lipinski definition) is 2. The minimum absolute atomic E-state index is 0.0109. The number of rotatable bonds is 5. The van der Waals surface area contributed by atoms with Gasteiger partial charge in [-0.05, 0) is 11.5 Å². The molecule has 0 aliphatic carbocycles. The van der Waals surface area contributed by atoms with Gasteiger partial charge in [0.2, 0.25) is 5.91 Å². The Balaban J connectivity index is 2.25. The fourth-order valence-electron chi connectivity index (χ4n) is 2.86. The van der Waals surface area contributed by atoms with Crippen molar-refractivity contribution in [3.8, 4) is 0 Å². The number of alkyl halides is 1. The predicted octanol–water partition coefficient (Wildman–Crippen LogP) is 3.28. The second kappa shape index (κ2) is 7.81. The summed E-state index contributed by atoms with van der Waals surface area (Å²) in [5, 5.41) is 0. The molecule has 1 aliphatic rings. The summed E-state index contributed by atoms with van der Waals surface area (Å²) in [6.07, 6.45) is 0.973. The smallest absolute Gasteiger partial charge is 0.230 e. The standard InChI is InChI=1S/C17H24ClNO2/c1-3-13(2)16(14-7-5-4-6-8-14)17(20)19-9-10-21-12-15(19)11-18/h4-8,13,15-16H,3,9-12H2,1-2H3. The molecule has 1 saturated heterocycles. The van der Waals surface area contributed by atoms with Crippen molar-refractivity contribution in [1.29, 1.82) is 0 Å². The normalized spacial score (nSPS) is 21.9. The monoisotopic (exact) mass is 309 g/mol. The van der Waals surface area contributed by atoms with E-state index in [9.17, 15) is 4.79 Å². The maximum absolute atomic E-state index is 13.1. The van der Waals surface area contributed by atoms with Crippen LogP contribution in [-0.2, 0) is 9.53 Å². The molecular weight excluding hydrogens is 286 g/mol. The van der Waals surface area contributed by atoms with E-state index in [-0.39, 0.29) is 17.9 Å². The maximum Gasteiger partial charge on any atom is 0.230 e. The van der Waals surface area contributed by atoms with E-state index in [1.807, 2.05) is 35.2 Å². The largest absolute Gasteiger partial charge is 0.377 e. The van der Waals surface area contributed by atoms with E-state index in [1.165, 1.54) is 0 Å². The van der Waals surface area contributed by atoms with Crippen LogP contribution < -0.4 is 0 Å². The molecule has 1 fully saturated rings. The number of carbonyl (C=O) groups excluding carboxylic acids is 1. The number of halogens is 1. The lowest BCUT2D eigenvalue weighted by molar-refractivity contribution is -0.141. The maximum atomic E-state index is 13.1. The number of ether oxygens (including phenoxy) is 1. The first kappa shape index (κ1) is 16.3. The first-order valence-corrected chi connectivity index (χ1v) is 8.21. The summed E-state index contributed by atoms with van der Waals surface area (Å²) in [5.74, 6) is 0.816. The second-order valence-electron chi connectivity index (χ2n) is 5.69. The average molecular weight is 310 g/mol. The molecule has 21 heavy (non-hydrogen) atoms. The molecule has 0 N–H and O–H groups in total. The number of morpholine rings is 1. The van der Waals surface area contributed by atoms with Crippen molar-refractivity contribution in [2.24, 2.45) is 5.92 Å². The molecule has 0 radical (unpaired) electrons. The van der Waals surface area contributed by atoms with E-state index < -0.39 is 0 Å². The summed E-state index contributed by atoms with van der Waals surface area (Å²) in [4.78, 5) is 15.0. The van der Waals surface area contributed by atoms with Crippen molar-refractivity contribution in [1.82, 2.24) is 4.90 Å². The van der Waals surface area contributed by atoms with Crippen LogP contribution in [0.4, 0.5) is 0 Å². The van der Waals surface area contributed by atoms with Gasteiger partial charge in [-0.15, -0.1) is 11.6 Å². The first-order valence-electron chi connectivity index (χ1n) is 7.68. The van der Waals surface area contributed by atoms with Gasteiger partial charge < -0.3 is 9.64 Å². The quantitative estimate of drug-likeness (QED) is 0.781. The fourth-order valence-corrected chi connectivity index (χ4v) is 3.12. The lowest BCUT2D eigenvalue weighted by Gasteiger charge is -2.38. The van der Waals surface area contributed by atoms with Crippen molar-refractivity contribution in [2.45, 2.75) is 32.2 Å². The van der Waals surface area contributed by atoms with Crippen molar-refractivity contribution in [3.05, 3.63) is 35.9 Å². The summed E-state index contributed by atoms with van der Waals surface area (Å²) < 4.78 is 5.45. The topological polar surface area (TPSA) is 29.5 Å². The van der Waals surface area contributed by atoms with Crippen LogP contribution in [0.15, 0.2) is 30.3 Å². The van der Waals surface area contributed by atoms with E-state index in [0.29, 0.717) is 31.6 Å². The van der Waals surface area contributed by atoms with Gasteiger partial charge >= 0.3 is 0 Å². The molecule has 1 aliphatic heterocycles. The van der Waals surface area contributed by atoms with E-state index >= 15 is 0 Å². The molecule has 0 saturated carbocycles. The summed E-state index contributed by atoms with van der Waals surface area (Å²) >= 11 is 6.01. The molecular formula is C17H24ClNO2. The molecule has 3 nitrogen and oxygen atoms in total. The van der Waals surface area contributed by atoms with Crippen molar-refractivity contribution in [2.75, 3.05) is 25.6 Å². The van der Waals surface area contributed by atoms with Crippen LogP contribution in [0.1, 0.15) is 31.7 Å². The molecule has 4 heteroatoms. The number of amides is 1. The molecule has 1 heterocycles. The Bertz CT molecular complexity index is 451.